The molecule has 0 aliphatic carbocycles. The highest BCUT2D eigenvalue weighted by molar-refractivity contribution is 6.03. The molecule has 4 heteroatoms. The van der Waals surface area contributed by atoms with Gasteiger partial charge >= 0.3 is 0 Å². The van der Waals surface area contributed by atoms with Crippen LogP contribution in [0.5, 0.6) is 0 Å². The van der Waals surface area contributed by atoms with E-state index >= 15 is 0 Å². The van der Waals surface area contributed by atoms with Gasteiger partial charge in [-0.25, -0.2) is 4.98 Å². The molecule has 2 aromatic carbocycles. The summed E-state index contributed by atoms with van der Waals surface area (Å²) in [5.41, 5.74) is 0.770. The Morgan fingerprint density at radius 2 is 1.95 bits per heavy atom. The van der Waals surface area contributed by atoms with Gasteiger partial charge in [-0.3, -0.25) is 4.79 Å². The largest absolute Gasteiger partial charge is 0.330 e. The first-order chi connectivity index (χ1) is 9.24. The molecule has 0 radical (unpaired) electrons. The summed E-state index contributed by atoms with van der Waals surface area (Å²) in [6.07, 6.45) is 3.35. The second-order valence-corrected chi connectivity index (χ2v) is 4.38. The molecule has 0 atom stereocenters. The van der Waals surface area contributed by atoms with Crippen molar-refractivity contribution in [3.8, 4) is 0 Å². The molecule has 0 aliphatic heterocycles. The van der Waals surface area contributed by atoms with Gasteiger partial charge in [0.1, 0.15) is 0 Å². The van der Waals surface area contributed by atoms with Crippen LogP contribution in [0.1, 0.15) is 10.6 Å². The average Bonchev–Trinajstić information content (AvgIpc) is 2.85. The SMILES string of the molecule is Cn1ccnc1C(=O)Nc1ccc2ccccc2c1. The second kappa shape index (κ2) is 4.57. The minimum atomic E-state index is -0.206. The number of carbonyl (C=O) groups excluding carboxylic acids is 1. The Labute approximate surface area is 110 Å². The summed E-state index contributed by atoms with van der Waals surface area (Å²) < 4.78 is 1.69. The standard InChI is InChI=1S/C15H13N3O/c1-18-9-8-16-14(18)15(19)17-13-7-6-11-4-2-3-5-12(11)10-13/h2-10H,1H3,(H,17,19). The van der Waals surface area contributed by atoms with Crippen LogP contribution in [0.3, 0.4) is 0 Å². The van der Waals surface area contributed by atoms with Crippen molar-refractivity contribution in [2.75, 3.05) is 5.32 Å². The highest BCUT2D eigenvalue weighted by Crippen LogP contribution is 2.19. The predicted molar refractivity (Wildman–Crippen MR) is 75.1 cm³/mol. The lowest BCUT2D eigenvalue weighted by Gasteiger charge is -2.06. The smallest absolute Gasteiger partial charge is 0.291 e. The molecule has 0 bridgehead atoms. The van der Waals surface area contributed by atoms with Gasteiger partial charge in [-0.05, 0) is 22.9 Å². The number of imidazole rings is 1. The Balaban J connectivity index is 1.89. The van der Waals surface area contributed by atoms with E-state index in [0.717, 1.165) is 16.5 Å². The maximum absolute atomic E-state index is 12.0. The molecule has 1 amide bonds. The van der Waals surface area contributed by atoms with Crippen molar-refractivity contribution in [3.63, 3.8) is 0 Å². The number of hydrogen-bond donors (Lipinski definition) is 1. The molecule has 3 rings (SSSR count). The second-order valence-electron chi connectivity index (χ2n) is 4.38. The number of hydrogen-bond acceptors (Lipinski definition) is 2. The number of aryl methyl sites for hydroxylation is 1. The summed E-state index contributed by atoms with van der Waals surface area (Å²) in [6.45, 7) is 0. The first-order valence-corrected chi connectivity index (χ1v) is 6.01. The first-order valence-electron chi connectivity index (χ1n) is 6.01. The van der Waals surface area contributed by atoms with Gasteiger partial charge in [0.25, 0.3) is 5.91 Å². The van der Waals surface area contributed by atoms with Crippen molar-refractivity contribution >= 4 is 22.4 Å². The lowest BCUT2D eigenvalue weighted by atomic mass is 10.1. The number of fused-ring (bicyclic) bond motifs is 1. The number of carbonyl (C=O) groups is 1. The molecule has 0 fully saturated rings. The van der Waals surface area contributed by atoms with Crippen LogP contribution in [0.25, 0.3) is 10.8 Å². The van der Waals surface area contributed by atoms with Crippen LogP contribution in [0, 0.1) is 0 Å². The summed E-state index contributed by atoms with van der Waals surface area (Å²) >= 11 is 0. The zero-order chi connectivity index (χ0) is 13.2. The molecule has 0 spiro atoms. The Morgan fingerprint density at radius 1 is 1.16 bits per heavy atom. The van der Waals surface area contributed by atoms with E-state index in [0.29, 0.717) is 5.82 Å². The van der Waals surface area contributed by atoms with Crippen LogP contribution >= 0.6 is 0 Å². The monoisotopic (exact) mass is 251 g/mol. The molecule has 0 saturated carbocycles. The van der Waals surface area contributed by atoms with E-state index in [4.69, 9.17) is 0 Å². The van der Waals surface area contributed by atoms with Crippen LogP contribution in [0.15, 0.2) is 54.9 Å². The fourth-order valence-electron chi connectivity index (χ4n) is 2.04. The van der Waals surface area contributed by atoms with E-state index < -0.39 is 0 Å². The van der Waals surface area contributed by atoms with Crippen LogP contribution < -0.4 is 5.32 Å². The van der Waals surface area contributed by atoms with Crippen molar-refractivity contribution in [2.45, 2.75) is 0 Å². The number of nitrogens with one attached hydrogen (secondary N) is 1. The van der Waals surface area contributed by atoms with Crippen LogP contribution in [-0.2, 0) is 7.05 Å². The predicted octanol–water partition coefficient (Wildman–Crippen LogP) is 2.83. The fourth-order valence-corrected chi connectivity index (χ4v) is 2.04. The number of aromatic nitrogens is 2. The number of benzene rings is 2. The van der Waals surface area contributed by atoms with Crippen molar-refractivity contribution in [3.05, 3.63) is 60.7 Å². The summed E-state index contributed by atoms with van der Waals surface area (Å²) in [5, 5.41) is 5.10. The third-order valence-electron chi connectivity index (χ3n) is 3.03. The zero-order valence-electron chi connectivity index (χ0n) is 10.5. The van der Waals surface area contributed by atoms with E-state index in [1.807, 2.05) is 42.5 Å². The van der Waals surface area contributed by atoms with Crippen LogP contribution in [0.4, 0.5) is 5.69 Å². The molecule has 1 N–H and O–H groups in total. The third kappa shape index (κ3) is 2.20. The van der Waals surface area contributed by atoms with E-state index in [2.05, 4.69) is 10.3 Å². The molecule has 0 aliphatic rings. The van der Waals surface area contributed by atoms with Gasteiger partial charge in [0, 0.05) is 25.1 Å². The number of rotatable bonds is 2. The maximum atomic E-state index is 12.0. The number of amides is 1. The Hall–Kier alpha value is -2.62. The Bertz CT molecular complexity index is 746. The van der Waals surface area contributed by atoms with Gasteiger partial charge in [0.2, 0.25) is 0 Å². The molecule has 0 unspecified atom stereocenters. The molecule has 94 valence electrons. The van der Waals surface area contributed by atoms with Gasteiger partial charge in [0.05, 0.1) is 0 Å². The molecule has 0 saturated heterocycles. The molecular formula is C15H13N3O. The van der Waals surface area contributed by atoms with Crippen molar-refractivity contribution in [2.24, 2.45) is 7.05 Å². The van der Waals surface area contributed by atoms with Gasteiger partial charge in [-0.2, -0.15) is 0 Å². The van der Waals surface area contributed by atoms with Crippen molar-refractivity contribution in [1.82, 2.24) is 9.55 Å². The van der Waals surface area contributed by atoms with Gasteiger partial charge in [-0.15, -0.1) is 0 Å². The summed E-state index contributed by atoms with van der Waals surface area (Å²) in [6, 6.07) is 13.9. The zero-order valence-corrected chi connectivity index (χ0v) is 10.5. The van der Waals surface area contributed by atoms with Crippen LogP contribution in [0.2, 0.25) is 0 Å². The minimum absolute atomic E-state index is 0.206. The maximum Gasteiger partial charge on any atom is 0.291 e. The van der Waals surface area contributed by atoms with Gasteiger partial charge in [-0.1, -0.05) is 30.3 Å². The van der Waals surface area contributed by atoms with Crippen LogP contribution in [-0.4, -0.2) is 15.5 Å². The Kier molecular flexibility index (Phi) is 2.76. The molecule has 1 heterocycles. The fraction of sp³-hybridized carbons (Fsp3) is 0.0667. The van der Waals surface area contributed by atoms with Gasteiger partial charge < -0.3 is 9.88 Å². The highest BCUT2D eigenvalue weighted by Gasteiger charge is 2.10. The lowest BCUT2D eigenvalue weighted by Crippen LogP contribution is -2.16. The van der Waals surface area contributed by atoms with E-state index in [-0.39, 0.29) is 5.91 Å². The molecule has 3 aromatic rings. The van der Waals surface area contributed by atoms with Gasteiger partial charge in [0.15, 0.2) is 5.82 Å². The summed E-state index contributed by atoms with van der Waals surface area (Å²) in [5.74, 6) is 0.191. The molecule has 1 aromatic heterocycles. The van der Waals surface area contributed by atoms with Crippen molar-refractivity contribution in [1.29, 1.82) is 0 Å². The average molecular weight is 251 g/mol. The third-order valence-corrected chi connectivity index (χ3v) is 3.03. The highest BCUT2D eigenvalue weighted by atomic mass is 16.2. The van der Waals surface area contributed by atoms with E-state index in [9.17, 15) is 4.79 Å². The summed E-state index contributed by atoms with van der Waals surface area (Å²) in [7, 11) is 1.79. The minimum Gasteiger partial charge on any atom is -0.330 e. The molecular weight excluding hydrogens is 238 g/mol. The molecule has 4 nitrogen and oxygen atoms in total. The molecule has 19 heavy (non-hydrogen) atoms. The lowest BCUT2D eigenvalue weighted by molar-refractivity contribution is 0.101. The first kappa shape index (κ1) is 11.5. The summed E-state index contributed by atoms with van der Waals surface area (Å²) in [4.78, 5) is 16.1. The van der Waals surface area contributed by atoms with E-state index in [1.54, 1.807) is 24.0 Å². The topological polar surface area (TPSA) is 46.9 Å². The normalized spacial score (nSPS) is 10.6. The quantitative estimate of drug-likeness (QED) is 0.761. The van der Waals surface area contributed by atoms with E-state index in [1.165, 1.54) is 0 Å². The van der Waals surface area contributed by atoms with Crippen molar-refractivity contribution < 1.29 is 4.79 Å². The number of anilines is 1. The number of nitrogens with zero attached hydrogens (tertiary/aromatic N) is 2. The Morgan fingerprint density at radius 3 is 2.68 bits per heavy atom.